The SMILES string of the molecule is CCn1c(SCC(=O)Nc2sc3c(c2C#N)CCCCC3)nnc1-c1csc(C)c1-c1ccc(C)cc1. The Hall–Kier alpha value is -2.93. The lowest BCUT2D eigenvalue weighted by molar-refractivity contribution is -0.113. The molecule has 0 saturated carbocycles. The molecule has 0 unspecified atom stereocenters. The Kier molecular flexibility index (Phi) is 7.79. The predicted molar refractivity (Wildman–Crippen MR) is 154 cm³/mol. The zero-order chi connectivity index (χ0) is 25.9. The van der Waals surface area contributed by atoms with Gasteiger partial charge in [0.2, 0.25) is 5.91 Å². The van der Waals surface area contributed by atoms with E-state index in [9.17, 15) is 10.1 Å². The second-order valence-corrected chi connectivity index (χ2v) is 12.3. The first-order valence-electron chi connectivity index (χ1n) is 12.6. The normalized spacial score (nSPS) is 13.1. The number of aromatic nitrogens is 3. The number of fused-ring (bicyclic) bond motifs is 1. The first-order chi connectivity index (χ1) is 18.0. The lowest BCUT2D eigenvalue weighted by atomic mass is 10.0. The molecule has 3 heterocycles. The van der Waals surface area contributed by atoms with E-state index in [1.165, 1.54) is 44.6 Å². The van der Waals surface area contributed by atoms with Crippen molar-refractivity contribution in [1.29, 1.82) is 5.26 Å². The van der Waals surface area contributed by atoms with Crippen molar-refractivity contribution in [2.75, 3.05) is 11.1 Å². The van der Waals surface area contributed by atoms with Gasteiger partial charge < -0.3 is 9.88 Å². The molecule has 3 aromatic heterocycles. The molecule has 1 aliphatic rings. The Balaban J connectivity index is 1.34. The van der Waals surface area contributed by atoms with Crippen LogP contribution < -0.4 is 5.32 Å². The van der Waals surface area contributed by atoms with Gasteiger partial charge in [-0.05, 0) is 57.6 Å². The van der Waals surface area contributed by atoms with E-state index >= 15 is 0 Å². The summed E-state index contributed by atoms with van der Waals surface area (Å²) in [6.45, 7) is 6.99. The fraction of sp³-hybridized carbons (Fsp3) is 0.357. The summed E-state index contributed by atoms with van der Waals surface area (Å²) in [7, 11) is 0. The second kappa shape index (κ2) is 11.2. The summed E-state index contributed by atoms with van der Waals surface area (Å²) in [6, 6.07) is 10.9. The minimum atomic E-state index is -0.128. The molecule has 0 radical (unpaired) electrons. The van der Waals surface area contributed by atoms with E-state index in [0.29, 0.717) is 22.3 Å². The molecule has 0 aliphatic heterocycles. The summed E-state index contributed by atoms with van der Waals surface area (Å²) in [5.74, 6) is 0.898. The average Bonchev–Trinajstić information content (AvgIpc) is 3.52. The van der Waals surface area contributed by atoms with Gasteiger partial charge in [0.15, 0.2) is 11.0 Å². The molecule has 1 N–H and O–H groups in total. The summed E-state index contributed by atoms with van der Waals surface area (Å²) >= 11 is 4.66. The van der Waals surface area contributed by atoms with Crippen LogP contribution in [0.3, 0.4) is 0 Å². The maximum absolute atomic E-state index is 12.9. The summed E-state index contributed by atoms with van der Waals surface area (Å²) in [4.78, 5) is 15.4. The van der Waals surface area contributed by atoms with Crippen LogP contribution in [0.1, 0.15) is 52.6 Å². The van der Waals surface area contributed by atoms with Gasteiger partial charge in [-0.1, -0.05) is 48.0 Å². The molecule has 5 rings (SSSR count). The van der Waals surface area contributed by atoms with Gasteiger partial charge in [-0.15, -0.1) is 32.9 Å². The smallest absolute Gasteiger partial charge is 0.235 e. The molecule has 0 spiro atoms. The van der Waals surface area contributed by atoms with Crippen molar-refractivity contribution >= 4 is 45.3 Å². The Labute approximate surface area is 229 Å². The van der Waals surface area contributed by atoms with Crippen LogP contribution in [0, 0.1) is 25.2 Å². The highest BCUT2D eigenvalue weighted by Gasteiger charge is 2.23. The van der Waals surface area contributed by atoms with Crippen molar-refractivity contribution in [1.82, 2.24) is 14.8 Å². The Morgan fingerprint density at radius 1 is 1.16 bits per heavy atom. The molecule has 0 atom stereocenters. The molecule has 4 aromatic rings. The number of nitrogens with zero attached hydrogens (tertiary/aromatic N) is 4. The Morgan fingerprint density at radius 2 is 1.95 bits per heavy atom. The molecule has 6 nitrogen and oxygen atoms in total. The van der Waals surface area contributed by atoms with Crippen LogP contribution in [0.15, 0.2) is 34.8 Å². The van der Waals surface area contributed by atoms with E-state index in [0.717, 1.165) is 42.6 Å². The molecule has 1 aliphatic carbocycles. The van der Waals surface area contributed by atoms with Gasteiger partial charge in [0.05, 0.1) is 11.3 Å². The van der Waals surface area contributed by atoms with Gasteiger partial charge in [-0.25, -0.2) is 0 Å². The third-order valence-electron chi connectivity index (χ3n) is 6.71. The van der Waals surface area contributed by atoms with Crippen LogP contribution >= 0.6 is 34.4 Å². The first kappa shape index (κ1) is 25.7. The van der Waals surface area contributed by atoms with Crippen LogP contribution in [-0.4, -0.2) is 26.4 Å². The third kappa shape index (κ3) is 5.24. The number of benzene rings is 1. The highest BCUT2D eigenvalue weighted by Crippen LogP contribution is 2.40. The Bertz CT molecular complexity index is 1470. The number of nitrogens with one attached hydrogen (secondary N) is 1. The van der Waals surface area contributed by atoms with E-state index in [4.69, 9.17) is 0 Å². The number of aryl methyl sites for hydroxylation is 3. The van der Waals surface area contributed by atoms with Crippen molar-refractivity contribution in [3.05, 3.63) is 56.1 Å². The molecule has 1 aromatic carbocycles. The second-order valence-electron chi connectivity index (χ2n) is 9.21. The lowest BCUT2D eigenvalue weighted by Gasteiger charge is -2.10. The highest BCUT2D eigenvalue weighted by atomic mass is 32.2. The van der Waals surface area contributed by atoms with E-state index in [1.54, 1.807) is 22.7 Å². The number of anilines is 1. The van der Waals surface area contributed by atoms with Gasteiger partial charge in [0.1, 0.15) is 11.1 Å². The van der Waals surface area contributed by atoms with E-state index < -0.39 is 0 Å². The largest absolute Gasteiger partial charge is 0.316 e. The average molecular weight is 548 g/mol. The molecule has 0 saturated heterocycles. The van der Waals surface area contributed by atoms with Crippen molar-refractivity contribution in [3.8, 4) is 28.6 Å². The lowest BCUT2D eigenvalue weighted by Crippen LogP contribution is -2.14. The molecular formula is C28H29N5OS3. The summed E-state index contributed by atoms with van der Waals surface area (Å²) in [5, 5.41) is 25.3. The van der Waals surface area contributed by atoms with Crippen LogP contribution in [0.25, 0.3) is 22.5 Å². The van der Waals surface area contributed by atoms with Crippen LogP contribution in [-0.2, 0) is 24.2 Å². The third-order valence-corrected chi connectivity index (χ3v) is 9.79. The number of hydrogen-bond acceptors (Lipinski definition) is 7. The fourth-order valence-corrected chi connectivity index (χ4v) is 7.74. The van der Waals surface area contributed by atoms with E-state index in [-0.39, 0.29) is 11.7 Å². The Morgan fingerprint density at radius 3 is 2.70 bits per heavy atom. The topological polar surface area (TPSA) is 83.6 Å². The minimum Gasteiger partial charge on any atom is -0.316 e. The molecule has 0 fully saturated rings. The molecular weight excluding hydrogens is 519 g/mol. The maximum atomic E-state index is 12.9. The minimum absolute atomic E-state index is 0.128. The van der Waals surface area contributed by atoms with Gasteiger partial charge in [0.25, 0.3) is 0 Å². The van der Waals surface area contributed by atoms with E-state index in [2.05, 4.69) is 76.6 Å². The number of rotatable bonds is 7. The molecule has 0 bridgehead atoms. The van der Waals surface area contributed by atoms with E-state index in [1.807, 2.05) is 0 Å². The predicted octanol–water partition coefficient (Wildman–Crippen LogP) is 7.24. The van der Waals surface area contributed by atoms with Crippen LogP contribution in [0.2, 0.25) is 0 Å². The van der Waals surface area contributed by atoms with Crippen LogP contribution in [0.4, 0.5) is 5.00 Å². The number of thiophene rings is 2. The van der Waals surface area contributed by atoms with Crippen molar-refractivity contribution in [3.63, 3.8) is 0 Å². The van der Waals surface area contributed by atoms with Crippen LogP contribution in [0.5, 0.6) is 0 Å². The number of amides is 1. The number of thioether (sulfide) groups is 1. The fourth-order valence-electron chi connectivity index (χ4n) is 4.82. The summed E-state index contributed by atoms with van der Waals surface area (Å²) < 4.78 is 2.07. The van der Waals surface area contributed by atoms with Gasteiger partial charge >= 0.3 is 0 Å². The first-order valence-corrected chi connectivity index (χ1v) is 15.2. The number of hydrogen-bond donors (Lipinski definition) is 1. The van der Waals surface area contributed by atoms with Crippen molar-refractivity contribution in [2.24, 2.45) is 0 Å². The zero-order valence-electron chi connectivity index (χ0n) is 21.3. The maximum Gasteiger partial charge on any atom is 0.235 e. The zero-order valence-corrected chi connectivity index (χ0v) is 23.7. The molecule has 9 heteroatoms. The summed E-state index contributed by atoms with van der Waals surface area (Å²) in [6.07, 6.45) is 5.36. The standard InChI is InChI=1S/C28H29N5OS3/c1-4-33-26(22-15-35-18(3)25(22)19-12-10-17(2)11-13-19)31-32-28(33)36-16-24(34)30-27-21(14-29)20-8-6-5-7-9-23(20)37-27/h10-13,15H,4-9,16H2,1-3H3,(H,30,34). The number of carbonyl (C=O) groups excluding carboxylic acids is 1. The highest BCUT2D eigenvalue weighted by molar-refractivity contribution is 7.99. The van der Waals surface area contributed by atoms with Gasteiger partial charge in [-0.2, -0.15) is 5.26 Å². The summed E-state index contributed by atoms with van der Waals surface area (Å²) in [5.41, 5.74) is 6.43. The van der Waals surface area contributed by atoms with Crippen molar-refractivity contribution in [2.45, 2.75) is 64.6 Å². The molecule has 190 valence electrons. The quantitative estimate of drug-likeness (QED) is 0.195. The van der Waals surface area contributed by atoms with Crippen molar-refractivity contribution < 1.29 is 4.79 Å². The van der Waals surface area contributed by atoms with Gasteiger partial charge in [-0.3, -0.25) is 4.79 Å². The molecule has 37 heavy (non-hydrogen) atoms. The molecule has 1 amide bonds. The number of nitriles is 1. The monoisotopic (exact) mass is 547 g/mol. The van der Waals surface area contributed by atoms with Gasteiger partial charge in [0, 0.05) is 32.8 Å². The number of carbonyl (C=O) groups is 1.